The van der Waals surface area contributed by atoms with Crippen molar-refractivity contribution in [2.75, 3.05) is 7.05 Å². The average molecular weight is 219 g/mol. The Morgan fingerprint density at radius 2 is 2.25 bits per heavy atom. The van der Waals surface area contributed by atoms with Gasteiger partial charge in [-0.2, -0.15) is 0 Å². The van der Waals surface area contributed by atoms with Crippen LogP contribution >= 0.6 is 0 Å². The summed E-state index contributed by atoms with van der Waals surface area (Å²) in [5.41, 5.74) is 2.26. The minimum absolute atomic E-state index is 0.806. The first-order valence-corrected chi connectivity index (χ1v) is 5.47. The number of hydrogen-bond acceptors (Lipinski definition) is 3. The lowest BCUT2D eigenvalue weighted by Crippen LogP contribution is -2.06. The first kappa shape index (κ1) is 10.9. The van der Waals surface area contributed by atoms with Crippen LogP contribution in [0.4, 0.5) is 0 Å². The van der Waals surface area contributed by atoms with E-state index in [1.807, 2.05) is 25.9 Å². The highest BCUT2D eigenvalue weighted by molar-refractivity contribution is 5.03. The van der Waals surface area contributed by atoms with Gasteiger partial charge in [0.1, 0.15) is 0 Å². The van der Waals surface area contributed by atoms with Crippen molar-refractivity contribution in [2.24, 2.45) is 0 Å². The second kappa shape index (κ2) is 4.94. The quantitative estimate of drug-likeness (QED) is 0.811. The number of imidazole rings is 2. The Labute approximate surface area is 95.1 Å². The summed E-state index contributed by atoms with van der Waals surface area (Å²) in [6, 6.07) is 0. The molecule has 0 unspecified atom stereocenters. The van der Waals surface area contributed by atoms with Gasteiger partial charge in [-0.3, -0.25) is 0 Å². The third kappa shape index (κ3) is 2.30. The molecule has 1 N–H and O–H groups in total. The van der Waals surface area contributed by atoms with E-state index in [2.05, 4.69) is 37.5 Å². The molecule has 0 aliphatic carbocycles. The van der Waals surface area contributed by atoms with Crippen molar-refractivity contribution < 1.29 is 0 Å². The Morgan fingerprint density at radius 1 is 1.38 bits per heavy atom. The summed E-state index contributed by atoms with van der Waals surface area (Å²) < 4.78 is 4.22. The second-order valence-corrected chi connectivity index (χ2v) is 3.74. The second-order valence-electron chi connectivity index (χ2n) is 3.74. The van der Waals surface area contributed by atoms with Crippen LogP contribution in [0.1, 0.15) is 18.3 Å². The smallest absolute Gasteiger partial charge is 0.0953 e. The van der Waals surface area contributed by atoms with Crippen molar-refractivity contribution in [3.63, 3.8) is 0 Å². The van der Waals surface area contributed by atoms with Crippen LogP contribution in [0.25, 0.3) is 0 Å². The number of nitrogens with one attached hydrogen (secondary N) is 1. The van der Waals surface area contributed by atoms with Gasteiger partial charge in [0.05, 0.1) is 30.6 Å². The Hall–Kier alpha value is -1.62. The highest BCUT2D eigenvalue weighted by Crippen LogP contribution is 2.04. The molecule has 0 atom stereocenters. The summed E-state index contributed by atoms with van der Waals surface area (Å²) in [6.07, 6.45) is 7.69. The molecule has 0 bridgehead atoms. The largest absolute Gasteiger partial charge is 0.333 e. The molecule has 2 aromatic rings. The third-order valence-corrected chi connectivity index (χ3v) is 2.53. The maximum absolute atomic E-state index is 4.31. The van der Waals surface area contributed by atoms with Crippen molar-refractivity contribution >= 4 is 0 Å². The van der Waals surface area contributed by atoms with Crippen LogP contribution < -0.4 is 5.32 Å². The summed E-state index contributed by atoms with van der Waals surface area (Å²) >= 11 is 0. The average Bonchev–Trinajstić information content (AvgIpc) is 2.89. The van der Waals surface area contributed by atoms with E-state index in [-0.39, 0.29) is 0 Å². The zero-order valence-electron chi connectivity index (χ0n) is 9.72. The Bertz CT molecular complexity index is 443. The lowest BCUT2D eigenvalue weighted by atomic mass is 10.4. The lowest BCUT2D eigenvalue weighted by Gasteiger charge is -2.05. The molecule has 16 heavy (non-hydrogen) atoms. The van der Waals surface area contributed by atoms with Gasteiger partial charge in [-0.25, -0.2) is 9.97 Å². The molecule has 0 radical (unpaired) electrons. The molecule has 86 valence electrons. The van der Waals surface area contributed by atoms with Crippen molar-refractivity contribution in [1.29, 1.82) is 0 Å². The van der Waals surface area contributed by atoms with Gasteiger partial charge >= 0.3 is 0 Å². The molecule has 2 heterocycles. The SMILES string of the molecule is CCn1cncc1Cn1cnc(CNC)c1. The summed E-state index contributed by atoms with van der Waals surface area (Å²) in [7, 11) is 1.92. The van der Waals surface area contributed by atoms with E-state index in [4.69, 9.17) is 0 Å². The van der Waals surface area contributed by atoms with Crippen LogP contribution in [-0.2, 0) is 19.6 Å². The van der Waals surface area contributed by atoms with Crippen LogP contribution in [-0.4, -0.2) is 26.1 Å². The van der Waals surface area contributed by atoms with Crippen LogP contribution in [0.2, 0.25) is 0 Å². The van der Waals surface area contributed by atoms with Crippen molar-refractivity contribution in [2.45, 2.75) is 26.6 Å². The third-order valence-electron chi connectivity index (χ3n) is 2.53. The predicted octanol–water partition coefficient (Wildman–Crippen LogP) is 0.867. The zero-order chi connectivity index (χ0) is 11.4. The summed E-state index contributed by atoms with van der Waals surface area (Å²) in [5, 5.41) is 3.09. The van der Waals surface area contributed by atoms with Crippen molar-refractivity contribution in [3.05, 3.63) is 36.4 Å². The number of rotatable bonds is 5. The van der Waals surface area contributed by atoms with Gasteiger partial charge in [0.25, 0.3) is 0 Å². The van der Waals surface area contributed by atoms with Crippen LogP contribution in [0.3, 0.4) is 0 Å². The summed E-state index contributed by atoms with van der Waals surface area (Å²) in [4.78, 5) is 8.46. The van der Waals surface area contributed by atoms with Crippen LogP contribution in [0, 0.1) is 0 Å². The molecule has 0 amide bonds. The summed E-state index contributed by atoms with van der Waals surface area (Å²) in [6.45, 7) is 4.70. The van der Waals surface area contributed by atoms with Crippen molar-refractivity contribution in [1.82, 2.24) is 24.4 Å². The molecule has 0 fully saturated rings. The van der Waals surface area contributed by atoms with Gasteiger partial charge in [-0.15, -0.1) is 0 Å². The predicted molar refractivity (Wildman–Crippen MR) is 62.0 cm³/mol. The molecule has 2 rings (SSSR count). The van der Waals surface area contributed by atoms with E-state index < -0.39 is 0 Å². The first-order valence-electron chi connectivity index (χ1n) is 5.47. The molecule has 5 heteroatoms. The molecule has 0 aliphatic heterocycles. The Balaban J connectivity index is 2.08. The molecule has 2 aromatic heterocycles. The minimum atomic E-state index is 0.806. The van der Waals surface area contributed by atoms with Crippen LogP contribution in [0.5, 0.6) is 0 Å². The number of nitrogens with zero attached hydrogens (tertiary/aromatic N) is 4. The van der Waals surface area contributed by atoms with Crippen LogP contribution in [0.15, 0.2) is 25.0 Å². The van der Waals surface area contributed by atoms with E-state index in [0.29, 0.717) is 0 Å². The van der Waals surface area contributed by atoms with E-state index in [9.17, 15) is 0 Å². The number of aryl methyl sites for hydroxylation is 1. The van der Waals surface area contributed by atoms with Gasteiger partial charge in [0, 0.05) is 25.5 Å². The van der Waals surface area contributed by atoms with Gasteiger partial charge in [0.15, 0.2) is 0 Å². The van der Waals surface area contributed by atoms with Gasteiger partial charge < -0.3 is 14.5 Å². The van der Waals surface area contributed by atoms with E-state index >= 15 is 0 Å². The lowest BCUT2D eigenvalue weighted by molar-refractivity contribution is 0.667. The fourth-order valence-corrected chi connectivity index (χ4v) is 1.72. The highest BCUT2D eigenvalue weighted by Gasteiger charge is 2.02. The number of hydrogen-bond donors (Lipinski definition) is 1. The molecule has 0 saturated carbocycles. The van der Waals surface area contributed by atoms with Crippen molar-refractivity contribution in [3.8, 4) is 0 Å². The summed E-state index contributed by atoms with van der Waals surface area (Å²) in [5.74, 6) is 0. The zero-order valence-corrected chi connectivity index (χ0v) is 9.72. The highest BCUT2D eigenvalue weighted by atomic mass is 15.1. The Morgan fingerprint density at radius 3 is 3.00 bits per heavy atom. The van der Waals surface area contributed by atoms with Gasteiger partial charge in [0.2, 0.25) is 0 Å². The van der Waals surface area contributed by atoms with E-state index in [1.165, 1.54) is 5.69 Å². The fraction of sp³-hybridized carbons (Fsp3) is 0.455. The van der Waals surface area contributed by atoms with Gasteiger partial charge in [-0.05, 0) is 14.0 Å². The normalized spacial score (nSPS) is 10.9. The molecule has 0 aromatic carbocycles. The monoisotopic (exact) mass is 219 g/mol. The standard InChI is InChI=1S/C11H17N5/c1-3-16-8-13-5-11(16)7-15-6-10(4-12-2)14-9-15/h5-6,8-9,12H,3-4,7H2,1-2H3. The number of aromatic nitrogens is 4. The Kier molecular flexibility index (Phi) is 3.36. The molecule has 0 saturated heterocycles. The maximum Gasteiger partial charge on any atom is 0.0953 e. The van der Waals surface area contributed by atoms with Gasteiger partial charge in [-0.1, -0.05) is 0 Å². The first-order chi connectivity index (χ1) is 7.83. The molecule has 0 aliphatic rings. The fourth-order valence-electron chi connectivity index (χ4n) is 1.72. The maximum atomic E-state index is 4.31. The molecular formula is C11H17N5. The molecule has 0 spiro atoms. The minimum Gasteiger partial charge on any atom is -0.333 e. The molecular weight excluding hydrogens is 202 g/mol. The van der Waals surface area contributed by atoms with E-state index in [1.54, 1.807) is 0 Å². The van der Waals surface area contributed by atoms with E-state index in [0.717, 1.165) is 25.3 Å². The molecule has 5 nitrogen and oxygen atoms in total. The topological polar surface area (TPSA) is 47.7 Å².